The molecule has 1 N–H and O–H groups in total. The molecule has 0 saturated heterocycles. The number of ether oxygens (including phenoxy) is 3. The van der Waals surface area contributed by atoms with E-state index in [1.807, 2.05) is 0 Å². The van der Waals surface area contributed by atoms with Crippen LogP contribution in [0.1, 0.15) is 15.9 Å². The standard InChI is InChI=1S/C13H18O5/c1-16-6-7-17-8-9-18-10-11-2-4-12(5-3-11)13(14)15/h2-5H,6-10H2,1H3,(H,14,15). The second-order valence-corrected chi connectivity index (χ2v) is 3.66. The highest BCUT2D eigenvalue weighted by atomic mass is 16.5. The number of hydrogen-bond acceptors (Lipinski definition) is 4. The third-order valence-corrected chi connectivity index (χ3v) is 2.27. The lowest BCUT2D eigenvalue weighted by molar-refractivity contribution is 0.0199. The van der Waals surface area contributed by atoms with E-state index >= 15 is 0 Å². The first kappa shape index (κ1) is 14.6. The Bertz CT molecular complexity index is 347. The molecule has 100 valence electrons. The Morgan fingerprint density at radius 2 is 1.67 bits per heavy atom. The van der Waals surface area contributed by atoms with E-state index in [-0.39, 0.29) is 5.56 Å². The minimum atomic E-state index is -0.922. The Morgan fingerprint density at radius 3 is 2.28 bits per heavy atom. The van der Waals surface area contributed by atoms with Crippen LogP contribution in [0.3, 0.4) is 0 Å². The van der Waals surface area contributed by atoms with Crippen molar-refractivity contribution < 1.29 is 24.1 Å². The SMILES string of the molecule is COCCOCCOCc1ccc(C(=O)O)cc1. The summed E-state index contributed by atoms with van der Waals surface area (Å²) in [6, 6.07) is 6.62. The fraction of sp³-hybridized carbons (Fsp3) is 0.462. The normalized spacial score (nSPS) is 10.5. The van der Waals surface area contributed by atoms with Crippen molar-refractivity contribution >= 4 is 5.97 Å². The molecular weight excluding hydrogens is 236 g/mol. The molecule has 0 aliphatic rings. The summed E-state index contributed by atoms with van der Waals surface area (Å²) in [5.74, 6) is -0.922. The molecule has 0 aliphatic carbocycles. The molecule has 5 heteroatoms. The van der Waals surface area contributed by atoms with E-state index in [1.54, 1.807) is 31.4 Å². The van der Waals surface area contributed by atoms with Gasteiger partial charge < -0.3 is 19.3 Å². The van der Waals surface area contributed by atoms with E-state index in [4.69, 9.17) is 19.3 Å². The average Bonchev–Trinajstić information content (AvgIpc) is 2.38. The molecule has 18 heavy (non-hydrogen) atoms. The highest BCUT2D eigenvalue weighted by Gasteiger charge is 2.01. The van der Waals surface area contributed by atoms with Crippen LogP contribution in [0.25, 0.3) is 0 Å². The molecule has 0 amide bonds. The average molecular weight is 254 g/mol. The van der Waals surface area contributed by atoms with E-state index in [0.717, 1.165) is 5.56 Å². The fourth-order valence-corrected chi connectivity index (χ4v) is 1.30. The predicted octanol–water partition coefficient (Wildman–Crippen LogP) is 1.56. The van der Waals surface area contributed by atoms with E-state index in [2.05, 4.69) is 0 Å². The van der Waals surface area contributed by atoms with Gasteiger partial charge in [-0.15, -0.1) is 0 Å². The van der Waals surface area contributed by atoms with Gasteiger partial charge in [0.25, 0.3) is 0 Å². The second kappa shape index (κ2) is 8.63. The van der Waals surface area contributed by atoms with Crippen molar-refractivity contribution in [1.29, 1.82) is 0 Å². The van der Waals surface area contributed by atoms with Gasteiger partial charge >= 0.3 is 5.97 Å². The number of aromatic carboxylic acids is 1. The number of methoxy groups -OCH3 is 1. The Morgan fingerprint density at radius 1 is 1.06 bits per heavy atom. The lowest BCUT2D eigenvalue weighted by atomic mass is 10.1. The van der Waals surface area contributed by atoms with Gasteiger partial charge in [0.1, 0.15) is 0 Å². The first-order valence-electron chi connectivity index (χ1n) is 5.70. The summed E-state index contributed by atoms with van der Waals surface area (Å²) >= 11 is 0. The van der Waals surface area contributed by atoms with E-state index in [1.165, 1.54) is 0 Å². The molecule has 0 fully saturated rings. The lowest BCUT2D eigenvalue weighted by Crippen LogP contribution is -2.08. The maximum Gasteiger partial charge on any atom is 0.335 e. The van der Waals surface area contributed by atoms with Gasteiger partial charge in [0, 0.05) is 7.11 Å². The third kappa shape index (κ3) is 5.77. The molecule has 0 atom stereocenters. The van der Waals surface area contributed by atoms with Crippen molar-refractivity contribution in [2.75, 3.05) is 33.5 Å². The fourth-order valence-electron chi connectivity index (χ4n) is 1.30. The highest BCUT2D eigenvalue weighted by molar-refractivity contribution is 5.87. The summed E-state index contributed by atoms with van der Waals surface area (Å²) < 4.78 is 15.5. The molecule has 0 aliphatic heterocycles. The molecule has 0 saturated carbocycles. The summed E-state index contributed by atoms with van der Waals surface area (Å²) in [6.07, 6.45) is 0. The van der Waals surface area contributed by atoms with Gasteiger partial charge in [-0.1, -0.05) is 12.1 Å². The maximum absolute atomic E-state index is 10.6. The number of carboxylic acids is 1. The number of carbonyl (C=O) groups is 1. The van der Waals surface area contributed by atoms with Crippen molar-refractivity contribution in [1.82, 2.24) is 0 Å². The first-order chi connectivity index (χ1) is 8.74. The van der Waals surface area contributed by atoms with Crippen LogP contribution < -0.4 is 0 Å². The molecule has 0 aromatic heterocycles. The van der Waals surface area contributed by atoms with Crippen molar-refractivity contribution in [2.24, 2.45) is 0 Å². The van der Waals surface area contributed by atoms with Crippen LogP contribution in [0.15, 0.2) is 24.3 Å². The van der Waals surface area contributed by atoms with Crippen LogP contribution in [0.5, 0.6) is 0 Å². The summed E-state index contributed by atoms with van der Waals surface area (Å²) in [5, 5.41) is 8.73. The van der Waals surface area contributed by atoms with E-state index < -0.39 is 5.97 Å². The van der Waals surface area contributed by atoms with Gasteiger partial charge in [0.2, 0.25) is 0 Å². The largest absolute Gasteiger partial charge is 0.478 e. The van der Waals surface area contributed by atoms with Gasteiger partial charge in [-0.25, -0.2) is 4.79 Å². The first-order valence-corrected chi connectivity index (χ1v) is 5.70. The van der Waals surface area contributed by atoms with Crippen molar-refractivity contribution in [2.45, 2.75) is 6.61 Å². The van der Waals surface area contributed by atoms with Gasteiger partial charge in [-0.3, -0.25) is 0 Å². The summed E-state index contributed by atoms with van der Waals surface area (Å²) in [5.41, 5.74) is 1.22. The molecule has 0 bridgehead atoms. The third-order valence-electron chi connectivity index (χ3n) is 2.27. The Hall–Kier alpha value is -1.43. The summed E-state index contributed by atoms with van der Waals surface area (Å²) in [4.78, 5) is 10.6. The molecule has 0 spiro atoms. The van der Waals surface area contributed by atoms with Gasteiger partial charge in [0.05, 0.1) is 38.6 Å². The summed E-state index contributed by atoms with van der Waals surface area (Å²) in [7, 11) is 1.63. The number of hydrogen-bond donors (Lipinski definition) is 1. The molecule has 0 heterocycles. The molecule has 5 nitrogen and oxygen atoms in total. The van der Waals surface area contributed by atoms with Gasteiger partial charge in [0.15, 0.2) is 0 Å². The Labute approximate surface area is 106 Å². The van der Waals surface area contributed by atoms with Crippen LogP contribution in [0.2, 0.25) is 0 Å². The zero-order chi connectivity index (χ0) is 13.2. The van der Waals surface area contributed by atoms with E-state index in [9.17, 15) is 4.79 Å². The smallest absolute Gasteiger partial charge is 0.335 e. The minimum absolute atomic E-state index is 0.279. The monoisotopic (exact) mass is 254 g/mol. The zero-order valence-electron chi connectivity index (χ0n) is 10.4. The number of carboxylic acid groups (broad SMARTS) is 1. The van der Waals surface area contributed by atoms with Crippen molar-refractivity contribution in [3.8, 4) is 0 Å². The number of benzene rings is 1. The molecule has 0 radical (unpaired) electrons. The predicted molar refractivity (Wildman–Crippen MR) is 65.8 cm³/mol. The second-order valence-electron chi connectivity index (χ2n) is 3.66. The van der Waals surface area contributed by atoms with Crippen molar-refractivity contribution in [3.05, 3.63) is 35.4 Å². The molecule has 1 aromatic carbocycles. The molecular formula is C13H18O5. The van der Waals surface area contributed by atoms with Crippen molar-refractivity contribution in [3.63, 3.8) is 0 Å². The van der Waals surface area contributed by atoms with Gasteiger partial charge in [-0.05, 0) is 17.7 Å². The molecule has 0 unspecified atom stereocenters. The lowest BCUT2D eigenvalue weighted by Gasteiger charge is -2.06. The summed E-state index contributed by atoms with van der Waals surface area (Å²) in [6.45, 7) is 2.62. The molecule has 1 aromatic rings. The topological polar surface area (TPSA) is 65.0 Å². The zero-order valence-corrected chi connectivity index (χ0v) is 10.4. The quantitative estimate of drug-likeness (QED) is 0.677. The van der Waals surface area contributed by atoms with Crippen LogP contribution in [-0.2, 0) is 20.8 Å². The van der Waals surface area contributed by atoms with Crippen LogP contribution in [-0.4, -0.2) is 44.6 Å². The highest BCUT2D eigenvalue weighted by Crippen LogP contribution is 2.05. The number of rotatable bonds is 9. The van der Waals surface area contributed by atoms with Crippen LogP contribution in [0, 0.1) is 0 Å². The minimum Gasteiger partial charge on any atom is -0.478 e. The van der Waals surface area contributed by atoms with Crippen LogP contribution in [0.4, 0.5) is 0 Å². The Kier molecular flexibility index (Phi) is 7.01. The maximum atomic E-state index is 10.6. The molecule has 1 rings (SSSR count). The van der Waals surface area contributed by atoms with E-state index in [0.29, 0.717) is 33.0 Å². The Balaban J connectivity index is 2.14. The van der Waals surface area contributed by atoms with Gasteiger partial charge in [-0.2, -0.15) is 0 Å². The van der Waals surface area contributed by atoms with Crippen LogP contribution >= 0.6 is 0 Å².